The van der Waals surface area contributed by atoms with Crippen LogP contribution in [0.4, 0.5) is 0 Å². The molecule has 0 aromatic heterocycles. The van der Waals surface area contributed by atoms with Gasteiger partial charge in [-0.05, 0) is 25.7 Å². The van der Waals surface area contributed by atoms with Gasteiger partial charge in [0.05, 0.1) is 12.6 Å². The molecule has 4 heteroatoms. The summed E-state index contributed by atoms with van der Waals surface area (Å²) in [6.45, 7) is 1.60. The van der Waals surface area contributed by atoms with Crippen LogP contribution >= 0.6 is 0 Å². The summed E-state index contributed by atoms with van der Waals surface area (Å²) in [4.78, 5) is 4.39. The van der Waals surface area contributed by atoms with E-state index in [1.807, 2.05) is 0 Å². The predicted octanol–water partition coefficient (Wildman–Crippen LogP) is 1.79. The van der Waals surface area contributed by atoms with Crippen LogP contribution in [0, 0.1) is 0 Å². The minimum Gasteiger partial charge on any atom is -0.376 e. The van der Waals surface area contributed by atoms with Crippen LogP contribution in [-0.2, 0) is 4.74 Å². The first-order valence-corrected chi connectivity index (χ1v) is 7.02. The molecule has 98 valence electrons. The first-order chi connectivity index (χ1) is 8.34. The van der Waals surface area contributed by atoms with Crippen molar-refractivity contribution in [1.29, 1.82) is 0 Å². The summed E-state index contributed by atoms with van der Waals surface area (Å²) in [5, 5.41) is 3.35. The molecule has 0 bridgehead atoms. The van der Waals surface area contributed by atoms with E-state index in [1.54, 1.807) is 0 Å². The lowest BCUT2D eigenvalue weighted by atomic mass is 10.1. The van der Waals surface area contributed by atoms with Crippen LogP contribution < -0.4 is 11.1 Å². The minimum atomic E-state index is 0.296. The van der Waals surface area contributed by atoms with E-state index in [9.17, 15) is 0 Å². The van der Waals surface area contributed by atoms with Gasteiger partial charge in [0.2, 0.25) is 0 Å². The average Bonchev–Trinajstić information content (AvgIpc) is 2.72. The average molecular weight is 239 g/mol. The van der Waals surface area contributed by atoms with Crippen molar-refractivity contribution in [2.45, 2.75) is 63.5 Å². The maximum Gasteiger partial charge on any atom is 0.188 e. The summed E-state index contributed by atoms with van der Waals surface area (Å²) >= 11 is 0. The van der Waals surface area contributed by atoms with Crippen molar-refractivity contribution in [1.82, 2.24) is 5.32 Å². The minimum absolute atomic E-state index is 0.296. The number of hydrogen-bond donors (Lipinski definition) is 2. The standard InChI is InChI=1S/C13H25N3O/c14-13(15-10-12-8-5-9-17-12)16-11-6-3-1-2-4-7-11/h11-12H,1-10H2,(H3,14,15,16). The van der Waals surface area contributed by atoms with Gasteiger partial charge in [0.25, 0.3) is 0 Å². The Morgan fingerprint density at radius 3 is 2.53 bits per heavy atom. The molecule has 3 N–H and O–H groups in total. The quantitative estimate of drug-likeness (QED) is 0.448. The van der Waals surface area contributed by atoms with Gasteiger partial charge in [0.15, 0.2) is 5.96 Å². The molecule has 1 unspecified atom stereocenters. The van der Waals surface area contributed by atoms with Crippen molar-refractivity contribution < 1.29 is 4.74 Å². The summed E-state index contributed by atoms with van der Waals surface area (Å²) < 4.78 is 5.52. The van der Waals surface area contributed by atoms with Crippen molar-refractivity contribution in [2.24, 2.45) is 10.7 Å². The van der Waals surface area contributed by atoms with Crippen LogP contribution in [0.5, 0.6) is 0 Å². The fourth-order valence-electron chi connectivity index (χ4n) is 2.67. The molecule has 1 heterocycles. The molecule has 1 atom stereocenters. The van der Waals surface area contributed by atoms with Gasteiger partial charge in [0.1, 0.15) is 0 Å². The van der Waals surface area contributed by atoms with Crippen molar-refractivity contribution in [3.05, 3.63) is 0 Å². The van der Waals surface area contributed by atoms with Gasteiger partial charge in [-0.1, -0.05) is 25.7 Å². The summed E-state index contributed by atoms with van der Waals surface area (Å²) in [6, 6.07) is 0.533. The topological polar surface area (TPSA) is 59.6 Å². The Bertz CT molecular complexity index is 241. The van der Waals surface area contributed by atoms with Gasteiger partial charge < -0.3 is 15.8 Å². The number of nitrogens with one attached hydrogen (secondary N) is 1. The third kappa shape index (κ3) is 4.54. The Morgan fingerprint density at radius 2 is 1.88 bits per heavy atom. The summed E-state index contributed by atoms with van der Waals surface area (Å²) in [5.74, 6) is 0.604. The Morgan fingerprint density at radius 1 is 1.12 bits per heavy atom. The smallest absolute Gasteiger partial charge is 0.188 e. The largest absolute Gasteiger partial charge is 0.376 e. The lowest BCUT2D eigenvalue weighted by Crippen LogP contribution is -2.40. The van der Waals surface area contributed by atoms with E-state index in [0.29, 0.717) is 24.7 Å². The zero-order valence-electron chi connectivity index (χ0n) is 10.7. The van der Waals surface area contributed by atoms with E-state index in [4.69, 9.17) is 10.5 Å². The molecular formula is C13H25N3O. The monoisotopic (exact) mass is 239 g/mol. The molecule has 17 heavy (non-hydrogen) atoms. The van der Waals surface area contributed by atoms with Crippen molar-refractivity contribution in [3.8, 4) is 0 Å². The molecule has 1 saturated carbocycles. The van der Waals surface area contributed by atoms with Gasteiger partial charge in [-0.15, -0.1) is 0 Å². The molecule has 0 aromatic rings. The first-order valence-electron chi connectivity index (χ1n) is 7.02. The molecule has 1 aliphatic heterocycles. The summed E-state index contributed by atoms with van der Waals surface area (Å²) in [5.41, 5.74) is 5.92. The first kappa shape index (κ1) is 12.7. The number of aliphatic imine (C=N–C) groups is 1. The SMILES string of the molecule is NC(=NCC1CCCO1)NC1CCCCCC1. The highest BCUT2D eigenvalue weighted by atomic mass is 16.5. The van der Waals surface area contributed by atoms with Crippen molar-refractivity contribution in [2.75, 3.05) is 13.2 Å². The molecule has 2 fully saturated rings. The van der Waals surface area contributed by atoms with Gasteiger partial charge in [-0.25, -0.2) is 0 Å². The Labute approximate surface area is 104 Å². The number of hydrogen-bond acceptors (Lipinski definition) is 2. The van der Waals surface area contributed by atoms with Crippen molar-refractivity contribution in [3.63, 3.8) is 0 Å². The maximum absolute atomic E-state index is 5.92. The van der Waals surface area contributed by atoms with Crippen LogP contribution in [0.15, 0.2) is 4.99 Å². The zero-order valence-corrected chi connectivity index (χ0v) is 10.7. The molecule has 2 rings (SSSR count). The third-order valence-electron chi connectivity index (χ3n) is 3.70. The molecule has 2 aliphatic rings. The molecule has 0 radical (unpaired) electrons. The highest BCUT2D eigenvalue weighted by Crippen LogP contribution is 2.17. The lowest BCUT2D eigenvalue weighted by Gasteiger charge is -2.17. The molecule has 1 saturated heterocycles. The number of rotatable bonds is 3. The van der Waals surface area contributed by atoms with E-state index in [0.717, 1.165) is 19.4 Å². The zero-order chi connectivity index (χ0) is 11.9. The second kappa shape index (κ2) is 6.84. The predicted molar refractivity (Wildman–Crippen MR) is 70.1 cm³/mol. The van der Waals surface area contributed by atoms with Crippen LogP contribution in [0.1, 0.15) is 51.4 Å². The van der Waals surface area contributed by atoms with Crippen LogP contribution in [0.2, 0.25) is 0 Å². The normalized spacial score (nSPS) is 28.0. The number of ether oxygens (including phenoxy) is 1. The number of nitrogens with zero attached hydrogens (tertiary/aromatic N) is 1. The molecule has 4 nitrogen and oxygen atoms in total. The van der Waals surface area contributed by atoms with E-state index in [2.05, 4.69) is 10.3 Å². The number of nitrogens with two attached hydrogens (primary N) is 1. The molecule has 0 spiro atoms. The maximum atomic E-state index is 5.92. The highest BCUT2D eigenvalue weighted by molar-refractivity contribution is 5.78. The van der Waals surface area contributed by atoms with Crippen LogP contribution in [0.25, 0.3) is 0 Å². The molecule has 0 aromatic carbocycles. The van der Waals surface area contributed by atoms with E-state index in [-0.39, 0.29) is 0 Å². The fraction of sp³-hybridized carbons (Fsp3) is 0.923. The van der Waals surface area contributed by atoms with Gasteiger partial charge in [-0.3, -0.25) is 4.99 Å². The third-order valence-corrected chi connectivity index (χ3v) is 3.70. The van der Waals surface area contributed by atoms with Crippen molar-refractivity contribution >= 4 is 5.96 Å². The molecule has 1 aliphatic carbocycles. The molecule has 0 amide bonds. The van der Waals surface area contributed by atoms with E-state index >= 15 is 0 Å². The second-order valence-corrected chi connectivity index (χ2v) is 5.19. The highest BCUT2D eigenvalue weighted by Gasteiger charge is 2.15. The summed E-state index contributed by atoms with van der Waals surface area (Å²) in [6.07, 6.45) is 10.4. The second-order valence-electron chi connectivity index (χ2n) is 5.19. The van der Waals surface area contributed by atoms with E-state index < -0.39 is 0 Å². The van der Waals surface area contributed by atoms with Crippen LogP contribution in [-0.4, -0.2) is 31.3 Å². The Hall–Kier alpha value is -0.770. The van der Waals surface area contributed by atoms with Gasteiger partial charge >= 0.3 is 0 Å². The Balaban J connectivity index is 1.70. The Kier molecular flexibility index (Phi) is 5.10. The lowest BCUT2D eigenvalue weighted by molar-refractivity contribution is 0.117. The van der Waals surface area contributed by atoms with Gasteiger partial charge in [-0.2, -0.15) is 0 Å². The fourth-order valence-corrected chi connectivity index (χ4v) is 2.67. The van der Waals surface area contributed by atoms with Gasteiger partial charge in [0, 0.05) is 12.6 Å². The number of guanidine groups is 1. The molecular weight excluding hydrogens is 214 g/mol. The summed E-state index contributed by atoms with van der Waals surface area (Å²) in [7, 11) is 0. The van der Waals surface area contributed by atoms with E-state index in [1.165, 1.54) is 38.5 Å². The van der Waals surface area contributed by atoms with Crippen LogP contribution in [0.3, 0.4) is 0 Å².